The molecular weight excluding hydrogens is 666 g/mol. The molecule has 2 amide bonds. The fourth-order valence-corrected chi connectivity index (χ4v) is 5.09. The summed E-state index contributed by atoms with van der Waals surface area (Å²) in [4.78, 5) is 64.5. The highest BCUT2D eigenvalue weighted by atomic mass is 16.7. The highest BCUT2D eigenvalue weighted by Crippen LogP contribution is 2.21. The molecule has 0 aliphatic rings. The van der Waals surface area contributed by atoms with Crippen molar-refractivity contribution in [1.29, 1.82) is 0 Å². The molecule has 2 heterocycles. The summed E-state index contributed by atoms with van der Waals surface area (Å²) in [7, 11) is 1.89. The van der Waals surface area contributed by atoms with Crippen LogP contribution >= 0.6 is 0 Å². The van der Waals surface area contributed by atoms with E-state index >= 15 is 0 Å². The van der Waals surface area contributed by atoms with Crippen molar-refractivity contribution in [2.75, 3.05) is 30.2 Å². The van der Waals surface area contributed by atoms with Crippen molar-refractivity contribution >= 4 is 52.3 Å². The lowest BCUT2D eigenvalue weighted by Gasteiger charge is -2.21. The first-order valence-corrected chi connectivity index (χ1v) is 17.5. The minimum atomic E-state index is -0.703. The number of pyridine rings is 1. The molecule has 0 spiro atoms. The summed E-state index contributed by atoms with van der Waals surface area (Å²) in [5.41, 5.74) is 9.22. The molecule has 52 heavy (non-hydrogen) atoms. The molecule has 0 saturated heterocycles. The van der Waals surface area contributed by atoms with Crippen LogP contribution in [0.3, 0.4) is 0 Å². The van der Waals surface area contributed by atoms with Gasteiger partial charge in [-0.3, -0.25) is 19.3 Å². The number of amidine groups is 1. The Morgan fingerprint density at radius 1 is 0.962 bits per heavy atom. The van der Waals surface area contributed by atoms with Gasteiger partial charge < -0.3 is 29.8 Å². The lowest BCUT2D eigenvalue weighted by molar-refractivity contribution is -0.169. The van der Waals surface area contributed by atoms with Gasteiger partial charge in [-0.05, 0) is 67.4 Å². The lowest BCUT2D eigenvalue weighted by Crippen LogP contribution is -2.34. The number of benzene rings is 2. The van der Waals surface area contributed by atoms with Crippen molar-refractivity contribution in [2.24, 2.45) is 23.7 Å². The van der Waals surface area contributed by atoms with E-state index in [0.29, 0.717) is 42.0 Å². The zero-order valence-electron chi connectivity index (χ0n) is 30.2. The normalized spacial score (nSPS) is 11.9. The molecular formula is C38H47N7O7. The zero-order chi connectivity index (χ0) is 37.5. The third-order valence-electron chi connectivity index (χ3n) is 8.43. The molecule has 0 aliphatic heterocycles. The van der Waals surface area contributed by atoms with Gasteiger partial charge in [-0.25, -0.2) is 14.8 Å². The number of rotatable bonds is 18. The average molecular weight is 714 g/mol. The Morgan fingerprint density at radius 2 is 1.73 bits per heavy atom. The molecule has 0 bridgehead atoms. The van der Waals surface area contributed by atoms with Gasteiger partial charge in [-0.2, -0.15) is 4.99 Å². The Morgan fingerprint density at radius 3 is 2.44 bits per heavy atom. The summed E-state index contributed by atoms with van der Waals surface area (Å²) in [6.45, 7) is 5.92. The zero-order valence-corrected chi connectivity index (χ0v) is 30.2. The number of nitrogens with zero attached hydrogens (tertiary/aromatic N) is 5. The van der Waals surface area contributed by atoms with Crippen LogP contribution in [0.15, 0.2) is 71.9 Å². The second-order valence-corrected chi connectivity index (χ2v) is 12.2. The van der Waals surface area contributed by atoms with E-state index < -0.39 is 24.8 Å². The van der Waals surface area contributed by atoms with Gasteiger partial charge in [0.15, 0.2) is 0 Å². The smallest absolute Gasteiger partial charge is 0.435 e. The number of imidazole rings is 1. The number of aliphatic imine (C=N–C) groups is 1. The minimum absolute atomic E-state index is 0.0110. The fourth-order valence-electron chi connectivity index (χ4n) is 5.09. The van der Waals surface area contributed by atoms with Gasteiger partial charge in [0.25, 0.3) is 5.91 Å². The highest BCUT2D eigenvalue weighted by Gasteiger charge is 2.22. The molecule has 14 nitrogen and oxygen atoms in total. The van der Waals surface area contributed by atoms with Crippen LogP contribution in [-0.2, 0) is 37.4 Å². The van der Waals surface area contributed by atoms with Crippen LogP contribution in [0.5, 0.6) is 0 Å². The van der Waals surface area contributed by atoms with Crippen LogP contribution in [0, 0.1) is 5.92 Å². The van der Waals surface area contributed by atoms with Gasteiger partial charge in [-0.1, -0.05) is 46.1 Å². The largest absolute Gasteiger partial charge is 0.448 e. The number of carbonyl (C=O) groups excluding carboxylic acids is 4. The van der Waals surface area contributed by atoms with E-state index in [-0.39, 0.29) is 30.6 Å². The molecule has 0 saturated carbocycles. The molecule has 4 rings (SSSR count). The summed E-state index contributed by atoms with van der Waals surface area (Å²) in [5.74, 6) is -0.566. The molecule has 0 radical (unpaired) electrons. The first-order valence-electron chi connectivity index (χ1n) is 17.5. The van der Waals surface area contributed by atoms with Crippen molar-refractivity contribution in [3.63, 3.8) is 0 Å². The SMILES string of the molecule is CCCCCCOC(=O)/N=C(/N)c1ccc(NCc2nc3cc(C(=O)N(CCC(=O)OCOC(=O)C(C)CC)c4ccccn4)ccc3n2C)cc1. The maximum absolute atomic E-state index is 13.8. The van der Waals surface area contributed by atoms with Crippen molar-refractivity contribution in [3.05, 3.63) is 83.8 Å². The molecule has 2 aromatic heterocycles. The summed E-state index contributed by atoms with van der Waals surface area (Å²) in [6, 6.07) is 17.6. The Balaban J connectivity index is 1.38. The third kappa shape index (κ3) is 11.1. The Labute approximate surface area is 303 Å². The van der Waals surface area contributed by atoms with E-state index in [1.54, 1.807) is 55.6 Å². The maximum atomic E-state index is 13.8. The van der Waals surface area contributed by atoms with E-state index in [9.17, 15) is 19.2 Å². The first kappa shape index (κ1) is 39.0. The topological polar surface area (TPSA) is 180 Å². The van der Waals surface area contributed by atoms with Gasteiger partial charge in [0.05, 0.1) is 36.5 Å². The molecule has 1 unspecified atom stereocenters. The van der Waals surface area contributed by atoms with Crippen molar-refractivity contribution < 1.29 is 33.4 Å². The number of hydrogen-bond acceptors (Lipinski definition) is 10. The predicted molar refractivity (Wildman–Crippen MR) is 198 cm³/mol. The van der Waals surface area contributed by atoms with E-state index in [1.807, 2.05) is 36.7 Å². The molecule has 276 valence electrons. The van der Waals surface area contributed by atoms with Crippen LogP contribution in [0.25, 0.3) is 11.0 Å². The molecule has 3 N–H and O–H groups in total. The number of ether oxygens (including phenoxy) is 3. The van der Waals surface area contributed by atoms with Crippen molar-refractivity contribution in [1.82, 2.24) is 14.5 Å². The van der Waals surface area contributed by atoms with Crippen LogP contribution in [0.4, 0.5) is 16.3 Å². The van der Waals surface area contributed by atoms with E-state index in [1.165, 1.54) is 4.90 Å². The number of fused-ring (bicyclic) bond motifs is 1. The molecule has 0 aliphatic carbocycles. The fraction of sp³-hybridized carbons (Fsp3) is 0.395. The number of nitrogens with one attached hydrogen (secondary N) is 1. The van der Waals surface area contributed by atoms with E-state index in [4.69, 9.17) is 24.9 Å². The predicted octanol–water partition coefficient (Wildman–Crippen LogP) is 6.13. The number of anilines is 2. The lowest BCUT2D eigenvalue weighted by atomic mass is 10.1. The van der Waals surface area contributed by atoms with Gasteiger partial charge in [-0.15, -0.1) is 0 Å². The van der Waals surface area contributed by atoms with Gasteiger partial charge in [0.1, 0.15) is 17.5 Å². The second kappa shape index (κ2) is 19.6. The Hall–Kier alpha value is -5.79. The Kier molecular flexibility index (Phi) is 14.7. The van der Waals surface area contributed by atoms with Gasteiger partial charge in [0, 0.05) is 36.6 Å². The number of hydrogen-bond donors (Lipinski definition) is 2. The standard InChI is InChI=1S/C38H47N7O7/c1-5-7-8-11-22-50-38(49)43-35(39)27-13-16-29(17-14-27)41-24-33-42-30-23-28(15-18-31(30)44(33)4)36(47)45(32-12-9-10-20-40-32)21-19-34(46)51-25-52-37(48)26(3)6-2/h9-10,12-18,20,23,26,41H,5-8,11,19,21-22,24-25H2,1-4H3,(H2,39,43,49). The first-order chi connectivity index (χ1) is 25.1. The van der Waals surface area contributed by atoms with E-state index in [0.717, 1.165) is 42.7 Å². The van der Waals surface area contributed by atoms with Crippen LogP contribution in [-0.4, -0.2) is 64.3 Å². The number of carbonyl (C=O) groups is 4. The number of aryl methyl sites for hydroxylation is 1. The van der Waals surface area contributed by atoms with Crippen LogP contribution in [0.2, 0.25) is 0 Å². The summed E-state index contributed by atoms with van der Waals surface area (Å²) >= 11 is 0. The average Bonchev–Trinajstić information content (AvgIpc) is 3.47. The Bertz CT molecular complexity index is 1840. The number of esters is 2. The number of amides is 2. The van der Waals surface area contributed by atoms with Crippen molar-refractivity contribution in [2.45, 2.75) is 65.8 Å². The molecule has 2 aromatic carbocycles. The summed E-state index contributed by atoms with van der Waals surface area (Å²) < 4.78 is 17.2. The molecule has 0 fully saturated rings. The number of nitrogens with two attached hydrogens (primary N) is 1. The third-order valence-corrected chi connectivity index (χ3v) is 8.43. The monoisotopic (exact) mass is 713 g/mol. The highest BCUT2D eigenvalue weighted by molar-refractivity contribution is 6.07. The molecule has 1 atom stereocenters. The summed E-state index contributed by atoms with van der Waals surface area (Å²) in [6.07, 6.45) is 5.33. The van der Waals surface area contributed by atoms with E-state index in [2.05, 4.69) is 22.2 Å². The maximum Gasteiger partial charge on any atom is 0.435 e. The quantitative estimate of drug-likeness (QED) is 0.0398. The van der Waals surface area contributed by atoms with Crippen LogP contribution < -0.4 is 16.0 Å². The minimum Gasteiger partial charge on any atom is -0.448 e. The number of aromatic nitrogens is 3. The van der Waals surface area contributed by atoms with Crippen LogP contribution in [0.1, 0.15) is 81.0 Å². The summed E-state index contributed by atoms with van der Waals surface area (Å²) in [5, 5.41) is 3.34. The van der Waals surface area contributed by atoms with Gasteiger partial charge in [0.2, 0.25) is 6.79 Å². The van der Waals surface area contributed by atoms with Gasteiger partial charge >= 0.3 is 18.0 Å². The molecule has 4 aromatic rings. The number of unbranched alkanes of at least 4 members (excludes halogenated alkanes) is 3. The van der Waals surface area contributed by atoms with Crippen molar-refractivity contribution in [3.8, 4) is 0 Å². The molecule has 14 heteroatoms. The second-order valence-electron chi connectivity index (χ2n) is 12.2.